The van der Waals surface area contributed by atoms with Crippen molar-refractivity contribution < 1.29 is 0 Å². The molecule has 0 bridgehead atoms. The first-order chi connectivity index (χ1) is 12.5. The van der Waals surface area contributed by atoms with Crippen LogP contribution in [-0.4, -0.2) is 61.7 Å². The van der Waals surface area contributed by atoms with Gasteiger partial charge in [-0.25, -0.2) is 0 Å². The Labute approximate surface area is 160 Å². The summed E-state index contributed by atoms with van der Waals surface area (Å²) < 4.78 is 0. The van der Waals surface area contributed by atoms with Crippen LogP contribution in [0.25, 0.3) is 6.08 Å². The smallest absolute Gasteiger partial charge is 0.0442 e. The molecule has 26 heavy (non-hydrogen) atoms. The van der Waals surface area contributed by atoms with Crippen molar-refractivity contribution in [1.82, 2.24) is 9.80 Å². The second-order valence-corrected chi connectivity index (χ2v) is 8.31. The second kappa shape index (κ2) is 8.58. The van der Waals surface area contributed by atoms with Crippen molar-refractivity contribution >= 4 is 11.8 Å². The van der Waals surface area contributed by atoms with Gasteiger partial charge in [-0.2, -0.15) is 0 Å². The Bertz CT molecular complexity index is 606. The van der Waals surface area contributed by atoms with Crippen molar-refractivity contribution in [3.05, 3.63) is 35.4 Å². The minimum atomic E-state index is 0.569. The van der Waals surface area contributed by atoms with Gasteiger partial charge >= 0.3 is 0 Å². The summed E-state index contributed by atoms with van der Waals surface area (Å²) in [4.78, 5) is 7.91. The highest BCUT2D eigenvalue weighted by atomic mass is 15.3. The zero-order chi connectivity index (χ0) is 18.7. The summed E-state index contributed by atoms with van der Waals surface area (Å²) in [6, 6.07) is 5.53. The molecule has 0 atom stereocenters. The van der Waals surface area contributed by atoms with E-state index in [2.05, 4.69) is 61.1 Å². The molecule has 144 valence electrons. The maximum Gasteiger partial charge on any atom is 0.0442 e. The third-order valence-electron chi connectivity index (χ3n) is 6.43. The van der Waals surface area contributed by atoms with E-state index in [1.54, 1.807) is 0 Å². The Kier molecular flexibility index (Phi) is 6.42. The maximum absolute atomic E-state index is 4.07. The van der Waals surface area contributed by atoms with Gasteiger partial charge in [-0.05, 0) is 61.1 Å². The summed E-state index contributed by atoms with van der Waals surface area (Å²) in [5.74, 6) is 0.569. The monoisotopic (exact) mass is 355 g/mol. The van der Waals surface area contributed by atoms with E-state index < -0.39 is 0 Å². The molecule has 0 radical (unpaired) electrons. The number of likely N-dealkylation sites (N-methyl/N-ethyl adjacent to an activating group) is 1. The van der Waals surface area contributed by atoms with E-state index in [1.807, 2.05) is 6.08 Å². The predicted molar refractivity (Wildman–Crippen MR) is 114 cm³/mol. The molecule has 0 N–H and O–H groups in total. The number of anilines is 1. The van der Waals surface area contributed by atoms with Crippen LogP contribution < -0.4 is 4.90 Å². The molecule has 0 amide bonds. The zero-order valence-electron chi connectivity index (χ0n) is 17.3. The fourth-order valence-corrected chi connectivity index (χ4v) is 4.71. The fraction of sp³-hybridized carbons (Fsp3) is 0.652. The number of hydrogen-bond donors (Lipinski definition) is 0. The number of benzene rings is 1. The molecular weight excluding hydrogens is 318 g/mol. The fourth-order valence-electron chi connectivity index (χ4n) is 4.71. The van der Waals surface area contributed by atoms with E-state index >= 15 is 0 Å². The molecule has 1 aromatic rings. The first kappa shape index (κ1) is 19.4. The standard InChI is InChI=1S/C23H37N3/c1-6-20-16-19(5)22(18(3)4)17-23(20)26-10-8-21(9-11-26)25-14-12-24(7-2)13-15-25/h6,16-18,21H,1,7-15H2,2-5H3. The van der Waals surface area contributed by atoms with Crippen molar-refractivity contribution in [1.29, 1.82) is 0 Å². The largest absolute Gasteiger partial charge is 0.371 e. The molecule has 2 saturated heterocycles. The van der Waals surface area contributed by atoms with Gasteiger partial charge < -0.3 is 9.80 Å². The normalized spacial score (nSPS) is 20.7. The van der Waals surface area contributed by atoms with Crippen LogP contribution in [0.3, 0.4) is 0 Å². The summed E-state index contributed by atoms with van der Waals surface area (Å²) in [6.07, 6.45) is 4.60. The first-order valence-electron chi connectivity index (χ1n) is 10.5. The molecular formula is C23H37N3. The van der Waals surface area contributed by atoms with Crippen LogP contribution in [0.15, 0.2) is 18.7 Å². The van der Waals surface area contributed by atoms with E-state index in [9.17, 15) is 0 Å². The Balaban J connectivity index is 1.66. The maximum atomic E-state index is 4.07. The number of aryl methyl sites for hydroxylation is 1. The molecule has 3 rings (SSSR count). The van der Waals surface area contributed by atoms with E-state index in [0.717, 1.165) is 6.04 Å². The Morgan fingerprint density at radius 2 is 1.73 bits per heavy atom. The van der Waals surface area contributed by atoms with Gasteiger partial charge in [0, 0.05) is 51.0 Å². The van der Waals surface area contributed by atoms with Gasteiger partial charge in [0.2, 0.25) is 0 Å². The van der Waals surface area contributed by atoms with Gasteiger partial charge in [0.1, 0.15) is 0 Å². The molecule has 3 nitrogen and oxygen atoms in total. The molecule has 0 aromatic heterocycles. The van der Waals surface area contributed by atoms with E-state index in [1.165, 1.54) is 81.0 Å². The Morgan fingerprint density at radius 3 is 2.27 bits per heavy atom. The van der Waals surface area contributed by atoms with E-state index in [4.69, 9.17) is 0 Å². The van der Waals surface area contributed by atoms with E-state index in [-0.39, 0.29) is 0 Å². The van der Waals surface area contributed by atoms with Crippen LogP contribution in [-0.2, 0) is 0 Å². The molecule has 0 saturated carbocycles. The van der Waals surface area contributed by atoms with Crippen LogP contribution >= 0.6 is 0 Å². The summed E-state index contributed by atoms with van der Waals surface area (Å²) >= 11 is 0. The molecule has 0 spiro atoms. The van der Waals surface area contributed by atoms with Crippen molar-refractivity contribution in [2.45, 2.75) is 52.5 Å². The lowest BCUT2D eigenvalue weighted by Gasteiger charge is -2.43. The van der Waals surface area contributed by atoms with Gasteiger partial charge in [-0.15, -0.1) is 0 Å². The summed E-state index contributed by atoms with van der Waals surface area (Å²) in [6.45, 7) is 21.7. The molecule has 2 fully saturated rings. The van der Waals surface area contributed by atoms with Crippen molar-refractivity contribution in [2.75, 3.05) is 50.7 Å². The minimum absolute atomic E-state index is 0.569. The first-order valence-corrected chi connectivity index (χ1v) is 10.5. The molecule has 2 aliphatic heterocycles. The molecule has 3 heteroatoms. The lowest BCUT2D eigenvalue weighted by Crippen LogP contribution is -2.53. The van der Waals surface area contributed by atoms with Crippen molar-refractivity contribution in [2.24, 2.45) is 0 Å². The van der Waals surface area contributed by atoms with Crippen LogP contribution in [0.4, 0.5) is 5.69 Å². The van der Waals surface area contributed by atoms with Crippen LogP contribution in [0.2, 0.25) is 0 Å². The zero-order valence-corrected chi connectivity index (χ0v) is 17.3. The molecule has 2 heterocycles. The molecule has 2 aliphatic rings. The lowest BCUT2D eigenvalue weighted by molar-refractivity contribution is 0.0878. The lowest BCUT2D eigenvalue weighted by atomic mass is 9.93. The number of hydrogen-bond acceptors (Lipinski definition) is 3. The second-order valence-electron chi connectivity index (χ2n) is 8.31. The number of nitrogens with zero attached hydrogens (tertiary/aromatic N) is 3. The summed E-state index contributed by atoms with van der Waals surface area (Å²) in [7, 11) is 0. The van der Waals surface area contributed by atoms with Gasteiger partial charge in [0.25, 0.3) is 0 Å². The minimum Gasteiger partial charge on any atom is -0.371 e. The van der Waals surface area contributed by atoms with E-state index in [0.29, 0.717) is 5.92 Å². The summed E-state index contributed by atoms with van der Waals surface area (Å²) in [5, 5.41) is 0. The topological polar surface area (TPSA) is 9.72 Å². The van der Waals surface area contributed by atoms with Crippen molar-refractivity contribution in [3.63, 3.8) is 0 Å². The van der Waals surface area contributed by atoms with Gasteiger partial charge in [-0.1, -0.05) is 33.4 Å². The average Bonchev–Trinajstić information content (AvgIpc) is 2.67. The number of rotatable bonds is 5. The highest BCUT2D eigenvalue weighted by Gasteiger charge is 2.28. The third kappa shape index (κ3) is 4.15. The molecule has 0 aliphatic carbocycles. The number of piperazine rings is 1. The predicted octanol–water partition coefficient (Wildman–Crippen LogP) is 4.37. The summed E-state index contributed by atoms with van der Waals surface area (Å²) in [5.41, 5.74) is 5.55. The molecule has 1 aromatic carbocycles. The van der Waals surface area contributed by atoms with Crippen molar-refractivity contribution in [3.8, 4) is 0 Å². The third-order valence-corrected chi connectivity index (χ3v) is 6.43. The quantitative estimate of drug-likeness (QED) is 0.777. The average molecular weight is 356 g/mol. The number of piperidine rings is 1. The Hall–Kier alpha value is -1.32. The van der Waals surface area contributed by atoms with Gasteiger partial charge in [0.05, 0.1) is 0 Å². The van der Waals surface area contributed by atoms with Gasteiger partial charge in [-0.3, -0.25) is 4.90 Å². The van der Waals surface area contributed by atoms with Crippen LogP contribution in [0.1, 0.15) is 56.2 Å². The van der Waals surface area contributed by atoms with Crippen LogP contribution in [0.5, 0.6) is 0 Å². The molecule has 0 unspecified atom stereocenters. The van der Waals surface area contributed by atoms with Crippen LogP contribution in [0, 0.1) is 6.92 Å². The highest BCUT2D eigenvalue weighted by molar-refractivity contribution is 5.69. The highest BCUT2D eigenvalue weighted by Crippen LogP contribution is 2.32. The SMILES string of the molecule is C=Cc1cc(C)c(C(C)C)cc1N1CCC(N2CCN(CC)CC2)CC1. The Morgan fingerprint density at radius 1 is 1.08 bits per heavy atom. The van der Waals surface area contributed by atoms with Gasteiger partial charge in [0.15, 0.2) is 0 Å².